The molecule has 1 saturated heterocycles. The number of benzene rings is 4. The molecule has 0 saturated carbocycles. The first kappa shape index (κ1) is 64.4. The van der Waals surface area contributed by atoms with Crippen molar-refractivity contribution in [2.45, 2.75) is 125 Å². The van der Waals surface area contributed by atoms with Gasteiger partial charge in [-0.1, -0.05) is 131 Å². The van der Waals surface area contributed by atoms with Crippen LogP contribution in [-0.2, 0) is 68.8 Å². The number of aliphatic hydroxyl groups excluding tert-OH is 2. The highest BCUT2D eigenvalue weighted by Crippen LogP contribution is 2.24. The number of aliphatic carboxylic acids is 1. The molecular weight excluding hydrogens is 1110 g/mol. The average Bonchev–Trinajstić information content (AvgIpc) is 4.08. The number of carbonyl (C=O) groups is 9. The minimum atomic E-state index is -1.77. The molecule has 25 heteroatoms. The monoisotopic (exact) mass is 1180 g/mol. The first-order chi connectivity index (χ1) is 39.8. The number of carboxylic acids is 1. The van der Waals surface area contributed by atoms with Gasteiger partial charge in [0.15, 0.2) is 0 Å². The van der Waals surface area contributed by atoms with Crippen LogP contribution >= 0.6 is 21.6 Å². The number of aliphatic hydroxyl groups is 2. The number of hydrogen-bond acceptors (Lipinski definition) is 15. The number of amides is 8. The summed E-state index contributed by atoms with van der Waals surface area (Å²) in [5.41, 5.74) is 15.4. The number of carbonyl (C=O) groups excluding carboxylic acids is 8. The Morgan fingerprint density at radius 2 is 0.904 bits per heavy atom. The van der Waals surface area contributed by atoms with Crippen LogP contribution < -0.4 is 54.0 Å². The molecule has 0 bridgehead atoms. The lowest BCUT2D eigenvalue weighted by atomic mass is 10.00. The molecular formula is C58H73N11O12S2. The molecule has 83 heavy (non-hydrogen) atoms. The van der Waals surface area contributed by atoms with Gasteiger partial charge in [-0.05, 0) is 68.0 Å². The van der Waals surface area contributed by atoms with Gasteiger partial charge < -0.3 is 74.3 Å². The molecule has 5 aromatic rings. The molecule has 4 aromatic carbocycles. The van der Waals surface area contributed by atoms with Crippen molar-refractivity contribution >= 4 is 85.7 Å². The van der Waals surface area contributed by atoms with Crippen LogP contribution in [0.1, 0.15) is 55.4 Å². The number of nitrogens with one attached hydrogen (secondary N) is 9. The Morgan fingerprint density at radius 3 is 1.39 bits per heavy atom. The number of hydrogen-bond donors (Lipinski definition) is 14. The summed E-state index contributed by atoms with van der Waals surface area (Å²) in [7, 11) is 1.95. The number of fused-ring (bicyclic) bond motifs is 1. The normalized spacial score (nSPS) is 24.3. The molecule has 444 valence electrons. The number of unbranched alkanes of at least 4 members (excludes halogenated alkanes) is 1. The molecule has 0 spiro atoms. The van der Waals surface area contributed by atoms with Gasteiger partial charge in [0.2, 0.25) is 47.3 Å². The van der Waals surface area contributed by atoms with Crippen LogP contribution in [0.15, 0.2) is 121 Å². The van der Waals surface area contributed by atoms with E-state index in [9.17, 15) is 58.5 Å². The summed E-state index contributed by atoms with van der Waals surface area (Å²) in [4.78, 5) is 131. The lowest BCUT2D eigenvalue weighted by molar-refractivity contribution is -0.142. The van der Waals surface area contributed by atoms with Crippen molar-refractivity contribution in [2.75, 3.05) is 18.1 Å². The van der Waals surface area contributed by atoms with Crippen molar-refractivity contribution < 1.29 is 58.5 Å². The van der Waals surface area contributed by atoms with E-state index in [4.69, 9.17) is 11.5 Å². The van der Waals surface area contributed by atoms with Crippen molar-refractivity contribution in [1.29, 1.82) is 0 Å². The molecule has 2 heterocycles. The summed E-state index contributed by atoms with van der Waals surface area (Å²) in [5, 5.41) is 53.8. The molecule has 8 amide bonds. The Balaban J connectivity index is 1.40. The molecule has 1 aliphatic heterocycles. The second-order valence-electron chi connectivity index (χ2n) is 20.3. The molecule has 1 aromatic heterocycles. The largest absolute Gasteiger partial charge is 0.480 e. The van der Waals surface area contributed by atoms with Crippen LogP contribution in [0.4, 0.5) is 0 Å². The lowest BCUT2D eigenvalue weighted by Crippen LogP contribution is -2.63. The topological polar surface area (TPSA) is 378 Å². The van der Waals surface area contributed by atoms with Gasteiger partial charge in [0.05, 0.1) is 18.2 Å². The number of carboxylic acid groups (broad SMARTS) is 1. The van der Waals surface area contributed by atoms with Crippen LogP contribution in [0.3, 0.4) is 0 Å². The number of aromatic amines is 1. The molecule has 11 atom stereocenters. The van der Waals surface area contributed by atoms with E-state index in [1.807, 2.05) is 18.2 Å². The lowest BCUT2D eigenvalue weighted by Gasteiger charge is -2.29. The Kier molecular flexibility index (Phi) is 24.9. The van der Waals surface area contributed by atoms with Gasteiger partial charge in [-0.25, -0.2) is 4.79 Å². The van der Waals surface area contributed by atoms with E-state index in [1.165, 1.54) is 13.8 Å². The molecule has 1 aliphatic rings. The Morgan fingerprint density at radius 1 is 0.506 bits per heavy atom. The van der Waals surface area contributed by atoms with E-state index >= 15 is 0 Å². The predicted molar refractivity (Wildman–Crippen MR) is 315 cm³/mol. The first-order valence-corrected chi connectivity index (χ1v) is 29.7. The first-order valence-electron chi connectivity index (χ1n) is 27.2. The summed E-state index contributed by atoms with van der Waals surface area (Å²) in [6.45, 7) is 2.62. The van der Waals surface area contributed by atoms with Crippen molar-refractivity contribution in [2.24, 2.45) is 11.5 Å². The minimum Gasteiger partial charge on any atom is -0.480 e. The zero-order chi connectivity index (χ0) is 60.0. The van der Waals surface area contributed by atoms with Crippen LogP contribution in [-0.4, -0.2) is 158 Å². The van der Waals surface area contributed by atoms with Crippen molar-refractivity contribution in [3.05, 3.63) is 144 Å². The predicted octanol–water partition coefficient (Wildman–Crippen LogP) is 0.0144. The van der Waals surface area contributed by atoms with E-state index in [1.54, 1.807) is 103 Å². The highest BCUT2D eigenvalue weighted by Gasteiger charge is 2.38. The quantitative estimate of drug-likeness (QED) is 0.0485. The maximum absolute atomic E-state index is 14.9. The van der Waals surface area contributed by atoms with Gasteiger partial charge in [0.25, 0.3) is 0 Å². The number of aromatic nitrogens is 1. The molecule has 0 unspecified atom stereocenters. The molecule has 1 fully saturated rings. The third-order valence-corrected chi connectivity index (χ3v) is 16.1. The number of H-pyrrole nitrogens is 1. The van der Waals surface area contributed by atoms with Gasteiger partial charge >= 0.3 is 5.97 Å². The van der Waals surface area contributed by atoms with Gasteiger partial charge in [-0.2, -0.15) is 0 Å². The maximum atomic E-state index is 14.9. The van der Waals surface area contributed by atoms with E-state index in [0.29, 0.717) is 35.1 Å². The minimum absolute atomic E-state index is 0.0382. The van der Waals surface area contributed by atoms with E-state index in [0.717, 1.165) is 32.5 Å². The molecule has 6 rings (SSSR count). The summed E-state index contributed by atoms with van der Waals surface area (Å²) >= 11 is 0. The van der Waals surface area contributed by atoms with Crippen LogP contribution in [0.25, 0.3) is 10.9 Å². The standard InChI is InChI=1S/C58H73N11O12S2/c1-33(70)48-56(78)66-45(28-37-20-10-5-11-21-37)55(77)69-49(34(2)71)57(79)67-47(58(80)81)32-83-82-31-40(60)50(72)63-43(26-35-16-6-3-7-17-35)52(74)64-44(27-36-18-8-4-9-19-36)53(75)65-46(29-38-30-61-41-23-13-12-22-39(38)41)54(76)62-42(51(73)68-48)24-14-15-25-59/h3-13,16-23,30,33-34,40,42-49,61,70-71H,14-15,24-29,31-32,59-60H2,1-2H3,(H,62,76)(H,63,72)(H,64,74)(H,65,75)(H,66,78)(H,67,79)(H,68,73)(H,69,77)(H,80,81)/t33-,34-,40+,42+,43+,44+,45+,46-,47+,48+,49+/m1/s1. The maximum Gasteiger partial charge on any atom is 0.327 e. The smallest absolute Gasteiger partial charge is 0.327 e. The van der Waals surface area contributed by atoms with E-state index in [2.05, 4.69) is 47.5 Å². The number of nitrogens with two attached hydrogens (primary N) is 2. The highest BCUT2D eigenvalue weighted by atomic mass is 33.1. The van der Waals surface area contributed by atoms with Gasteiger partial charge in [-0.15, -0.1) is 0 Å². The molecule has 0 radical (unpaired) electrons. The third kappa shape index (κ3) is 19.7. The van der Waals surface area contributed by atoms with Crippen LogP contribution in [0.5, 0.6) is 0 Å². The second kappa shape index (κ2) is 32.1. The Hall–Kier alpha value is -7.81. The zero-order valence-electron chi connectivity index (χ0n) is 46.0. The second-order valence-corrected chi connectivity index (χ2v) is 22.8. The van der Waals surface area contributed by atoms with Crippen LogP contribution in [0.2, 0.25) is 0 Å². The third-order valence-electron chi connectivity index (χ3n) is 13.7. The summed E-state index contributed by atoms with van der Waals surface area (Å²) < 4.78 is 0. The number of para-hydroxylation sites is 1. The fourth-order valence-electron chi connectivity index (χ4n) is 9.09. The van der Waals surface area contributed by atoms with Gasteiger partial charge in [0, 0.05) is 54.3 Å². The summed E-state index contributed by atoms with van der Waals surface area (Å²) in [6.07, 6.45) is -1.37. The van der Waals surface area contributed by atoms with Crippen LogP contribution in [0, 0.1) is 0 Å². The van der Waals surface area contributed by atoms with Gasteiger partial charge in [-0.3, -0.25) is 38.4 Å². The molecule has 16 N–H and O–H groups in total. The SMILES string of the molecule is C[C@@H](O)[C@@H]1NC(=O)[C@H](Cc2ccccc2)NC(=O)[C@H]([C@@H](C)O)NC(=O)[C@H](CCCCN)NC(=O)[C@@H](Cc2c[nH]c3ccccc23)NC(=O)[C@H](Cc2ccccc2)NC(=O)[C@H](Cc2ccccc2)NC(=O)[C@@H](N)CSSC[C@@H](C(=O)O)NC1=O. The average molecular weight is 1180 g/mol. The highest BCUT2D eigenvalue weighted by molar-refractivity contribution is 8.76. The molecule has 23 nitrogen and oxygen atoms in total. The van der Waals surface area contributed by atoms with E-state index < -0.39 is 120 Å². The Labute approximate surface area is 488 Å². The molecule has 0 aliphatic carbocycles. The van der Waals surface area contributed by atoms with Crippen molar-refractivity contribution in [3.63, 3.8) is 0 Å². The van der Waals surface area contributed by atoms with Crippen molar-refractivity contribution in [3.8, 4) is 0 Å². The van der Waals surface area contributed by atoms with Gasteiger partial charge in [0.1, 0.15) is 48.3 Å². The van der Waals surface area contributed by atoms with Crippen molar-refractivity contribution in [1.82, 2.24) is 47.5 Å². The summed E-state index contributed by atoms with van der Waals surface area (Å²) in [5.74, 6) is -9.14. The fourth-order valence-corrected chi connectivity index (χ4v) is 11.4. The Bertz CT molecular complexity index is 2990. The zero-order valence-corrected chi connectivity index (χ0v) is 47.6. The van der Waals surface area contributed by atoms with E-state index in [-0.39, 0.29) is 50.2 Å². The summed E-state index contributed by atoms with van der Waals surface area (Å²) in [6, 6.07) is 19.7. The number of rotatable bonds is 15. The fraction of sp³-hybridized carbons (Fsp3) is 0.397.